The molecule has 0 aliphatic heterocycles. The predicted molar refractivity (Wildman–Crippen MR) is 79.2 cm³/mol. The van der Waals surface area contributed by atoms with Crippen LogP contribution in [0.4, 0.5) is 11.4 Å². The highest BCUT2D eigenvalue weighted by atomic mass is 14.9. The number of para-hydroxylation sites is 1. The van der Waals surface area contributed by atoms with Crippen molar-refractivity contribution < 1.29 is 0 Å². The van der Waals surface area contributed by atoms with Gasteiger partial charge in [-0.15, -0.1) is 0 Å². The molecule has 2 aromatic rings. The molecule has 0 unspecified atom stereocenters. The summed E-state index contributed by atoms with van der Waals surface area (Å²) in [5.74, 6) is 0. The van der Waals surface area contributed by atoms with Crippen LogP contribution in [0.2, 0.25) is 0 Å². The Balaban J connectivity index is 1.65. The Labute approximate surface area is 109 Å². The van der Waals surface area contributed by atoms with Gasteiger partial charge in [-0.25, -0.2) is 0 Å². The summed E-state index contributed by atoms with van der Waals surface area (Å²) < 4.78 is 0. The second kappa shape index (κ2) is 6.70. The zero-order chi connectivity index (χ0) is 12.6. The zero-order valence-electron chi connectivity index (χ0n) is 10.8. The van der Waals surface area contributed by atoms with Gasteiger partial charge < -0.3 is 10.6 Å². The van der Waals surface area contributed by atoms with Gasteiger partial charge in [0.05, 0.1) is 0 Å². The summed E-state index contributed by atoms with van der Waals surface area (Å²) in [6, 6.07) is 18.8. The van der Waals surface area contributed by atoms with Gasteiger partial charge in [-0.2, -0.15) is 0 Å². The molecule has 0 aliphatic rings. The summed E-state index contributed by atoms with van der Waals surface area (Å²) in [6.45, 7) is 4.09. The Morgan fingerprint density at radius 2 is 1.44 bits per heavy atom. The van der Waals surface area contributed by atoms with E-state index in [0.717, 1.165) is 19.5 Å². The van der Waals surface area contributed by atoms with E-state index >= 15 is 0 Å². The first-order chi connectivity index (χ1) is 8.84. The number of rotatable bonds is 6. The first kappa shape index (κ1) is 12.5. The summed E-state index contributed by atoms with van der Waals surface area (Å²) in [5.41, 5.74) is 3.69. The highest BCUT2D eigenvalue weighted by molar-refractivity contribution is 5.45. The van der Waals surface area contributed by atoms with Crippen LogP contribution in [0, 0.1) is 6.92 Å². The van der Waals surface area contributed by atoms with Gasteiger partial charge in [0.25, 0.3) is 0 Å². The molecule has 2 heteroatoms. The van der Waals surface area contributed by atoms with E-state index in [-0.39, 0.29) is 0 Å². The molecule has 94 valence electrons. The van der Waals surface area contributed by atoms with Crippen LogP contribution < -0.4 is 10.6 Å². The molecule has 0 saturated carbocycles. The van der Waals surface area contributed by atoms with Crippen molar-refractivity contribution in [2.45, 2.75) is 13.3 Å². The lowest BCUT2D eigenvalue weighted by Gasteiger charge is -2.08. The molecule has 2 N–H and O–H groups in total. The zero-order valence-corrected chi connectivity index (χ0v) is 10.8. The highest BCUT2D eigenvalue weighted by Gasteiger charge is 1.92. The third-order valence-corrected chi connectivity index (χ3v) is 2.80. The molecule has 0 radical (unpaired) electrons. The molecule has 2 nitrogen and oxygen atoms in total. The SMILES string of the molecule is Cc1cccc(NCCCNc2ccccc2)c1. The van der Waals surface area contributed by atoms with E-state index in [1.54, 1.807) is 0 Å². The minimum atomic E-state index is 0.989. The fraction of sp³-hybridized carbons (Fsp3) is 0.250. The summed E-state index contributed by atoms with van der Waals surface area (Å²) in [4.78, 5) is 0. The molecule has 2 aromatic carbocycles. The van der Waals surface area contributed by atoms with Crippen molar-refractivity contribution in [3.05, 3.63) is 60.2 Å². The highest BCUT2D eigenvalue weighted by Crippen LogP contribution is 2.09. The van der Waals surface area contributed by atoms with E-state index in [2.05, 4.69) is 54.0 Å². The number of hydrogen-bond donors (Lipinski definition) is 2. The minimum Gasteiger partial charge on any atom is -0.385 e. The lowest BCUT2D eigenvalue weighted by molar-refractivity contribution is 0.909. The molecule has 2 rings (SSSR count). The first-order valence-electron chi connectivity index (χ1n) is 6.44. The fourth-order valence-corrected chi connectivity index (χ4v) is 1.86. The number of anilines is 2. The lowest BCUT2D eigenvalue weighted by Crippen LogP contribution is -2.09. The van der Waals surface area contributed by atoms with Crippen molar-refractivity contribution in [2.24, 2.45) is 0 Å². The first-order valence-corrected chi connectivity index (χ1v) is 6.44. The van der Waals surface area contributed by atoms with Crippen LogP contribution in [-0.2, 0) is 0 Å². The van der Waals surface area contributed by atoms with Crippen molar-refractivity contribution >= 4 is 11.4 Å². The van der Waals surface area contributed by atoms with Crippen LogP contribution in [0.15, 0.2) is 54.6 Å². The Kier molecular flexibility index (Phi) is 4.65. The van der Waals surface area contributed by atoms with E-state index in [1.165, 1.54) is 16.9 Å². The molecule has 0 spiro atoms. The second-order valence-electron chi connectivity index (χ2n) is 4.44. The maximum Gasteiger partial charge on any atom is 0.0342 e. The number of benzene rings is 2. The molecular weight excluding hydrogens is 220 g/mol. The average Bonchev–Trinajstić information content (AvgIpc) is 2.40. The smallest absolute Gasteiger partial charge is 0.0342 e. The number of nitrogens with one attached hydrogen (secondary N) is 2. The molecule has 0 aromatic heterocycles. The van der Waals surface area contributed by atoms with Crippen molar-refractivity contribution in [2.75, 3.05) is 23.7 Å². The van der Waals surface area contributed by atoms with Crippen molar-refractivity contribution in [3.63, 3.8) is 0 Å². The summed E-state index contributed by atoms with van der Waals surface area (Å²) in [7, 11) is 0. The molecule has 0 heterocycles. The number of hydrogen-bond acceptors (Lipinski definition) is 2. The minimum absolute atomic E-state index is 0.989. The summed E-state index contributed by atoms with van der Waals surface area (Å²) in [5, 5.41) is 6.83. The molecule has 0 fully saturated rings. The Bertz CT molecular complexity index is 466. The normalized spacial score (nSPS) is 10.1. The second-order valence-corrected chi connectivity index (χ2v) is 4.44. The fourth-order valence-electron chi connectivity index (χ4n) is 1.86. The van der Waals surface area contributed by atoms with Crippen LogP contribution in [0.1, 0.15) is 12.0 Å². The molecule has 0 atom stereocenters. The molecule has 0 bridgehead atoms. The Morgan fingerprint density at radius 3 is 2.17 bits per heavy atom. The molecule has 0 amide bonds. The Morgan fingerprint density at radius 1 is 0.778 bits per heavy atom. The molecule has 18 heavy (non-hydrogen) atoms. The Hall–Kier alpha value is -1.96. The predicted octanol–water partition coefficient (Wildman–Crippen LogP) is 3.91. The maximum absolute atomic E-state index is 3.43. The van der Waals surface area contributed by atoms with Gasteiger partial charge in [-0.3, -0.25) is 0 Å². The van der Waals surface area contributed by atoms with Crippen molar-refractivity contribution in [3.8, 4) is 0 Å². The van der Waals surface area contributed by atoms with E-state index in [0.29, 0.717) is 0 Å². The van der Waals surface area contributed by atoms with E-state index < -0.39 is 0 Å². The summed E-state index contributed by atoms with van der Waals surface area (Å²) >= 11 is 0. The van der Waals surface area contributed by atoms with Crippen LogP contribution in [0.25, 0.3) is 0 Å². The third kappa shape index (κ3) is 4.13. The van der Waals surface area contributed by atoms with Gasteiger partial charge in [-0.1, -0.05) is 30.3 Å². The van der Waals surface area contributed by atoms with Gasteiger partial charge in [-0.05, 0) is 43.2 Å². The van der Waals surface area contributed by atoms with E-state index in [1.807, 2.05) is 18.2 Å². The lowest BCUT2D eigenvalue weighted by atomic mass is 10.2. The van der Waals surface area contributed by atoms with Gasteiger partial charge in [0.1, 0.15) is 0 Å². The largest absolute Gasteiger partial charge is 0.385 e. The number of aryl methyl sites for hydroxylation is 1. The van der Waals surface area contributed by atoms with Crippen molar-refractivity contribution in [1.29, 1.82) is 0 Å². The third-order valence-electron chi connectivity index (χ3n) is 2.80. The molecule has 0 aliphatic carbocycles. The van der Waals surface area contributed by atoms with Crippen molar-refractivity contribution in [1.82, 2.24) is 0 Å². The molecule has 0 saturated heterocycles. The maximum atomic E-state index is 3.43. The monoisotopic (exact) mass is 240 g/mol. The quantitative estimate of drug-likeness (QED) is 0.748. The van der Waals surface area contributed by atoms with E-state index in [4.69, 9.17) is 0 Å². The summed E-state index contributed by atoms with van der Waals surface area (Å²) in [6.07, 6.45) is 1.10. The van der Waals surface area contributed by atoms with Crippen LogP contribution in [0.5, 0.6) is 0 Å². The van der Waals surface area contributed by atoms with E-state index in [9.17, 15) is 0 Å². The van der Waals surface area contributed by atoms with Crippen LogP contribution >= 0.6 is 0 Å². The van der Waals surface area contributed by atoms with Crippen LogP contribution in [0.3, 0.4) is 0 Å². The molecular formula is C16H20N2. The standard InChI is InChI=1S/C16H20N2/c1-14-7-5-10-16(13-14)18-12-6-11-17-15-8-3-2-4-9-15/h2-5,7-10,13,17-18H,6,11-12H2,1H3. The van der Waals surface area contributed by atoms with Gasteiger partial charge in [0, 0.05) is 24.5 Å². The van der Waals surface area contributed by atoms with Crippen LogP contribution in [-0.4, -0.2) is 13.1 Å². The van der Waals surface area contributed by atoms with Gasteiger partial charge >= 0.3 is 0 Å². The topological polar surface area (TPSA) is 24.1 Å². The average molecular weight is 240 g/mol. The van der Waals surface area contributed by atoms with Gasteiger partial charge in [0.15, 0.2) is 0 Å². The van der Waals surface area contributed by atoms with Gasteiger partial charge in [0.2, 0.25) is 0 Å².